The summed E-state index contributed by atoms with van der Waals surface area (Å²) in [7, 11) is 0. The van der Waals surface area contributed by atoms with Gasteiger partial charge >= 0.3 is 0 Å². The smallest absolute Gasteiger partial charge is 0.240 e. The molecule has 0 radical (unpaired) electrons. The first-order valence-electron chi connectivity index (χ1n) is 2.55. The van der Waals surface area contributed by atoms with Gasteiger partial charge < -0.3 is 15.6 Å². The van der Waals surface area contributed by atoms with Gasteiger partial charge in [-0.25, -0.2) is 0 Å². The van der Waals surface area contributed by atoms with Gasteiger partial charge in [0.05, 0.1) is 6.61 Å². The van der Waals surface area contributed by atoms with E-state index >= 15 is 0 Å². The molecule has 1 atom stereocenters. The highest BCUT2D eigenvalue weighted by atomic mass is 35.6. The van der Waals surface area contributed by atoms with Crippen LogP contribution in [0, 0.1) is 0 Å². The number of hydrogen-bond acceptors (Lipinski definition) is 3. The molecule has 6 heteroatoms. The van der Waals surface area contributed by atoms with Crippen LogP contribution in [-0.2, 0) is 4.74 Å². The quantitative estimate of drug-likeness (QED) is 0.529. The SMILES string of the molecule is NCCOC(O)C(Cl)(Cl)Cl. The molecule has 0 rings (SSSR count). The summed E-state index contributed by atoms with van der Waals surface area (Å²) < 4.78 is 2.79. The van der Waals surface area contributed by atoms with E-state index in [1.54, 1.807) is 0 Å². The zero-order valence-electron chi connectivity index (χ0n) is 5.06. The van der Waals surface area contributed by atoms with Crippen LogP contribution in [0.3, 0.4) is 0 Å². The third kappa shape index (κ3) is 4.55. The number of nitrogens with two attached hydrogens (primary N) is 1. The molecular weight excluding hydrogens is 200 g/mol. The van der Waals surface area contributed by atoms with Gasteiger partial charge in [0.1, 0.15) is 0 Å². The zero-order chi connectivity index (χ0) is 8.20. The Bertz CT molecular complexity index is 95.0. The third-order valence-corrected chi connectivity index (χ3v) is 1.23. The van der Waals surface area contributed by atoms with Crippen molar-refractivity contribution < 1.29 is 9.84 Å². The van der Waals surface area contributed by atoms with Crippen LogP contribution in [0.1, 0.15) is 0 Å². The first-order chi connectivity index (χ1) is 4.48. The van der Waals surface area contributed by atoms with Crippen LogP contribution >= 0.6 is 34.8 Å². The Labute approximate surface area is 74.0 Å². The van der Waals surface area contributed by atoms with Gasteiger partial charge in [-0.1, -0.05) is 34.8 Å². The summed E-state index contributed by atoms with van der Waals surface area (Å²) in [5, 5.41) is 8.84. The van der Waals surface area contributed by atoms with Crippen LogP contribution in [0.15, 0.2) is 0 Å². The molecule has 3 N–H and O–H groups in total. The largest absolute Gasteiger partial charge is 0.365 e. The second kappa shape index (κ2) is 4.59. The van der Waals surface area contributed by atoms with Gasteiger partial charge in [0.15, 0.2) is 0 Å². The van der Waals surface area contributed by atoms with Gasteiger partial charge in [-0.15, -0.1) is 0 Å². The third-order valence-electron chi connectivity index (χ3n) is 0.674. The van der Waals surface area contributed by atoms with E-state index in [0.29, 0.717) is 0 Å². The van der Waals surface area contributed by atoms with Crippen LogP contribution in [0.25, 0.3) is 0 Å². The van der Waals surface area contributed by atoms with Crippen molar-refractivity contribution in [1.29, 1.82) is 0 Å². The van der Waals surface area contributed by atoms with E-state index in [1.807, 2.05) is 0 Å². The summed E-state index contributed by atoms with van der Waals surface area (Å²) in [6.07, 6.45) is -1.42. The Morgan fingerprint density at radius 3 is 2.30 bits per heavy atom. The minimum absolute atomic E-state index is 0.162. The second-order valence-corrected chi connectivity index (χ2v) is 3.92. The Balaban J connectivity index is 3.52. The highest BCUT2D eigenvalue weighted by Crippen LogP contribution is 2.30. The zero-order valence-corrected chi connectivity index (χ0v) is 7.33. The molecule has 0 spiro atoms. The molecule has 0 aromatic carbocycles. The summed E-state index contributed by atoms with van der Waals surface area (Å²) in [5.41, 5.74) is 5.05. The van der Waals surface area contributed by atoms with Gasteiger partial charge in [0, 0.05) is 6.54 Å². The van der Waals surface area contributed by atoms with Crippen LogP contribution in [0.4, 0.5) is 0 Å². The summed E-state index contributed by atoms with van der Waals surface area (Å²) >= 11 is 15.7. The lowest BCUT2D eigenvalue weighted by Crippen LogP contribution is -2.30. The maximum atomic E-state index is 8.84. The highest BCUT2D eigenvalue weighted by molar-refractivity contribution is 6.67. The van der Waals surface area contributed by atoms with E-state index < -0.39 is 10.1 Å². The van der Waals surface area contributed by atoms with Crippen LogP contribution in [-0.4, -0.2) is 28.3 Å². The van der Waals surface area contributed by atoms with E-state index in [9.17, 15) is 0 Å². The lowest BCUT2D eigenvalue weighted by molar-refractivity contribution is -0.0924. The summed E-state index contributed by atoms with van der Waals surface area (Å²) in [6, 6.07) is 0. The molecule has 0 amide bonds. The lowest BCUT2D eigenvalue weighted by Gasteiger charge is -2.18. The number of rotatable bonds is 3. The normalized spacial score (nSPS) is 15.3. The molecular formula is C4H8Cl3NO2. The number of aliphatic hydroxyl groups excluding tert-OH is 1. The molecule has 0 aliphatic rings. The molecule has 0 saturated heterocycles. The molecule has 0 aromatic rings. The number of ether oxygens (including phenoxy) is 1. The molecule has 0 aromatic heterocycles. The van der Waals surface area contributed by atoms with Crippen molar-refractivity contribution in [3.63, 3.8) is 0 Å². The fourth-order valence-corrected chi connectivity index (χ4v) is 0.463. The van der Waals surface area contributed by atoms with Crippen molar-refractivity contribution in [3.8, 4) is 0 Å². The number of halogens is 3. The van der Waals surface area contributed by atoms with E-state index in [2.05, 4.69) is 4.74 Å². The lowest BCUT2D eigenvalue weighted by atomic mass is 10.7. The predicted molar refractivity (Wildman–Crippen MR) is 41.3 cm³/mol. The van der Waals surface area contributed by atoms with E-state index in [1.165, 1.54) is 0 Å². The monoisotopic (exact) mass is 207 g/mol. The van der Waals surface area contributed by atoms with Crippen molar-refractivity contribution in [2.75, 3.05) is 13.2 Å². The molecule has 0 heterocycles. The van der Waals surface area contributed by atoms with Gasteiger partial charge in [-0.05, 0) is 0 Å². The molecule has 0 saturated carbocycles. The van der Waals surface area contributed by atoms with Crippen molar-refractivity contribution in [1.82, 2.24) is 0 Å². The molecule has 1 unspecified atom stereocenters. The first kappa shape index (κ1) is 10.8. The van der Waals surface area contributed by atoms with Crippen molar-refractivity contribution in [2.24, 2.45) is 5.73 Å². The van der Waals surface area contributed by atoms with Gasteiger partial charge in [-0.2, -0.15) is 0 Å². The van der Waals surface area contributed by atoms with Crippen molar-refractivity contribution >= 4 is 34.8 Å². The average molecular weight is 208 g/mol. The van der Waals surface area contributed by atoms with Crippen LogP contribution in [0.5, 0.6) is 0 Å². The Kier molecular flexibility index (Phi) is 4.94. The molecule has 0 bridgehead atoms. The fraction of sp³-hybridized carbons (Fsp3) is 1.00. The number of hydrogen-bond donors (Lipinski definition) is 2. The Morgan fingerprint density at radius 2 is 2.00 bits per heavy atom. The topological polar surface area (TPSA) is 55.5 Å². The van der Waals surface area contributed by atoms with Crippen LogP contribution < -0.4 is 5.73 Å². The molecule has 0 aliphatic heterocycles. The first-order valence-corrected chi connectivity index (χ1v) is 3.68. The second-order valence-electron chi connectivity index (χ2n) is 1.55. The standard InChI is InChI=1S/C4H8Cl3NO2/c5-4(6,7)3(9)10-2-1-8/h3,9H,1-2,8H2. The summed E-state index contributed by atoms with van der Waals surface area (Å²) in [4.78, 5) is 0. The maximum absolute atomic E-state index is 8.84. The minimum atomic E-state index is -1.80. The number of aliphatic hydroxyl groups is 1. The summed E-state index contributed by atoms with van der Waals surface area (Å²) in [5.74, 6) is 0. The van der Waals surface area contributed by atoms with E-state index in [4.69, 9.17) is 45.6 Å². The van der Waals surface area contributed by atoms with Gasteiger partial charge in [-0.3, -0.25) is 0 Å². The van der Waals surface area contributed by atoms with E-state index in [-0.39, 0.29) is 13.2 Å². The molecule has 3 nitrogen and oxygen atoms in total. The van der Waals surface area contributed by atoms with E-state index in [0.717, 1.165) is 0 Å². The molecule has 10 heavy (non-hydrogen) atoms. The van der Waals surface area contributed by atoms with Crippen LogP contribution in [0.2, 0.25) is 0 Å². The van der Waals surface area contributed by atoms with Gasteiger partial charge in [0.25, 0.3) is 0 Å². The fourth-order valence-electron chi connectivity index (χ4n) is 0.274. The average Bonchev–Trinajstić information content (AvgIpc) is 1.80. The summed E-state index contributed by atoms with van der Waals surface area (Å²) in [6.45, 7) is 0.437. The molecule has 62 valence electrons. The van der Waals surface area contributed by atoms with Crippen molar-refractivity contribution in [3.05, 3.63) is 0 Å². The maximum Gasteiger partial charge on any atom is 0.240 e. The molecule has 0 aliphatic carbocycles. The predicted octanol–water partition coefficient (Wildman–Crippen LogP) is 0.650. The van der Waals surface area contributed by atoms with Crippen molar-refractivity contribution in [2.45, 2.75) is 10.1 Å². The molecule has 0 fully saturated rings. The number of alkyl halides is 3. The van der Waals surface area contributed by atoms with Gasteiger partial charge in [0.2, 0.25) is 10.1 Å². The Hall–Kier alpha value is 0.750. The Morgan fingerprint density at radius 1 is 1.50 bits per heavy atom. The minimum Gasteiger partial charge on any atom is -0.365 e. The highest BCUT2D eigenvalue weighted by Gasteiger charge is 2.31.